The van der Waals surface area contributed by atoms with Crippen LogP contribution in [0.4, 0.5) is 11.6 Å². The Morgan fingerprint density at radius 1 is 1.18 bits per heavy atom. The smallest absolute Gasteiger partial charge is 0.281 e. The van der Waals surface area contributed by atoms with Crippen LogP contribution in [-0.4, -0.2) is 54.8 Å². The van der Waals surface area contributed by atoms with E-state index in [1.807, 2.05) is 39.2 Å². The van der Waals surface area contributed by atoms with Gasteiger partial charge in [-0.2, -0.15) is 15.0 Å². The van der Waals surface area contributed by atoms with Gasteiger partial charge in [-0.25, -0.2) is 9.97 Å². The Morgan fingerprint density at radius 3 is 2.60 bits per heavy atom. The van der Waals surface area contributed by atoms with Gasteiger partial charge in [0.05, 0.1) is 34.5 Å². The molecule has 1 saturated heterocycles. The number of nitrogens with one attached hydrogen (secondary N) is 2. The van der Waals surface area contributed by atoms with E-state index in [0.29, 0.717) is 28.5 Å². The number of pyridine rings is 1. The van der Waals surface area contributed by atoms with Gasteiger partial charge in [0.1, 0.15) is 5.15 Å². The summed E-state index contributed by atoms with van der Waals surface area (Å²) in [5, 5.41) is 12.9. The lowest BCUT2D eigenvalue weighted by Gasteiger charge is -2.33. The number of hydrogen-bond acceptors (Lipinski definition) is 9. The number of halogens is 1. The third kappa shape index (κ3) is 5.50. The van der Waals surface area contributed by atoms with Crippen LogP contribution in [0.3, 0.4) is 0 Å². The Labute approximate surface area is 241 Å². The summed E-state index contributed by atoms with van der Waals surface area (Å²) in [4.78, 5) is 39.3. The Hall–Kier alpha value is -3.64. The quantitative estimate of drug-likeness (QED) is 0.246. The number of fused-ring (bicyclic) bond motifs is 1. The van der Waals surface area contributed by atoms with Gasteiger partial charge in [-0.15, -0.1) is 0 Å². The first-order chi connectivity index (χ1) is 19.2. The fourth-order valence-corrected chi connectivity index (χ4v) is 5.68. The van der Waals surface area contributed by atoms with E-state index in [1.54, 1.807) is 34.8 Å². The minimum absolute atomic E-state index is 0.0959. The van der Waals surface area contributed by atoms with Gasteiger partial charge in [0, 0.05) is 44.9 Å². The number of amides is 1. The first-order valence-electron chi connectivity index (χ1n) is 13.0. The third-order valence-corrected chi connectivity index (χ3v) is 7.85. The molecule has 0 radical (unpaired) electrons. The molecule has 4 heterocycles. The van der Waals surface area contributed by atoms with Crippen LogP contribution in [0.5, 0.6) is 0 Å². The Morgan fingerprint density at radius 2 is 1.93 bits per heavy atom. The molecule has 1 unspecified atom stereocenters. The molecule has 1 aliphatic rings. The minimum Gasteiger partial charge on any atom is -0.377 e. The highest BCUT2D eigenvalue weighted by molar-refractivity contribution is 7.97. The summed E-state index contributed by atoms with van der Waals surface area (Å²) in [5.41, 5.74) is 4.08. The largest absolute Gasteiger partial charge is 0.377 e. The number of aryl methyl sites for hydroxylation is 2. The van der Waals surface area contributed by atoms with E-state index in [9.17, 15) is 9.59 Å². The monoisotopic (exact) mass is 581 g/mol. The van der Waals surface area contributed by atoms with E-state index in [-0.39, 0.29) is 28.4 Å². The van der Waals surface area contributed by atoms with Gasteiger partial charge in [0.25, 0.3) is 11.5 Å². The molecule has 13 heteroatoms. The Kier molecular flexibility index (Phi) is 7.99. The van der Waals surface area contributed by atoms with Crippen LogP contribution in [0.25, 0.3) is 10.9 Å². The van der Waals surface area contributed by atoms with Crippen molar-refractivity contribution < 1.29 is 4.79 Å². The van der Waals surface area contributed by atoms with E-state index in [4.69, 9.17) is 16.6 Å². The van der Waals surface area contributed by atoms with E-state index in [0.717, 1.165) is 42.8 Å². The molecule has 5 rings (SSSR count). The number of hydrogen-bond donors (Lipinski definition) is 2. The van der Waals surface area contributed by atoms with Crippen molar-refractivity contribution in [2.24, 2.45) is 14.1 Å². The predicted molar refractivity (Wildman–Crippen MR) is 159 cm³/mol. The van der Waals surface area contributed by atoms with Gasteiger partial charge in [0.2, 0.25) is 5.95 Å². The highest BCUT2D eigenvalue weighted by Crippen LogP contribution is 2.31. The lowest BCUT2D eigenvalue weighted by atomic mass is 9.94. The second kappa shape index (κ2) is 11.5. The van der Waals surface area contributed by atoms with Crippen LogP contribution < -0.4 is 20.5 Å². The zero-order valence-electron chi connectivity index (χ0n) is 23.1. The molecule has 3 aromatic heterocycles. The van der Waals surface area contributed by atoms with Crippen LogP contribution in [0, 0.1) is 6.92 Å². The van der Waals surface area contributed by atoms with Crippen molar-refractivity contribution in [2.75, 3.05) is 29.6 Å². The molecule has 210 valence electrons. The summed E-state index contributed by atoms with van der Waals surface area (Å²) in [6, 6.07) is 6.99. The number of benzene rings is 1. The minimum atomic E-state index is -0.349. The van der Waals surface area contributed by atoms with Gasteiger partial charge >= 0.3 is 0 Å². The lowest BCUT2D eigenvalue weighted by molar-refractivity contribution is 0.0980. The fourth-order valence-electron chi connectivity index (χ4n) is 5.25. The maximum absolute atomic E-state index is 13.6. The van der Waals surface area contributed by atoms with E-state index >= 15 is 0 Å². The van der Waals surface area contributed by atoms with Crippen molar-refractivity contribution in [1.82, 2.24) is 34.3 Å². The van der Waals surface area contributed by atoms with Crippen molar-refractivity contribution in [3.8, 4) is 0 Å². The van der Waals surface area contributed by atoms with E-state index in [1.165, 1.54) is 11.9 Å². The third-order valence-electron chi connectivity index (χ3n) is 7.25. The van der Waals surface area contributed by atoms with Crippen molar-refractivity contribution in [1.29, 1.82) is 0 Å². The normalized spacial score (nSPS) is 14.9. The maximum Gasteiger partial charge on any atom is 0.281 e. The zero-order chi connectivity index (χ0) is 28.6. The number of aromatic nitrogens is 6. The van der Waals surface area contributed by atoms with E-state index < -0.39 is 0 Å². The number of carbonyl (C=O) groups excluding carboxylic acids is 1. The zero-order valence-corrected chi connectivity index (χ0v) is 24.7. The molecule has 0 saturated carbocycles. The average molecular weight is 582 g/mol. The summed E-state index contributed by atoms with van der Waals surface area (Å²) >= 11 is 7.28. The molecule has 2 N–H and O–H groups in total. The number of piperidine rings is 1. The topological polar surface area (TPSA) is 123 Å². The van der Waals surface area contributed by atoms with Crippen LogP contribution in [-0.2, 0) is 14.1 Å². The van der Waals surface area contributed by atoms with Crippen LogP contribution in [0.1, 0.15) is 59.0 Å². The predicted octanol–water partition coefficient (Wildman–Crippen LogP) is 3.98. The second-order valence-electron chi connectivity index (χ2n) is 10.1. The maximum atomic E-state index is 13.6. The van der Waals surface area contributed by atoms with Crippen LogP contribution in [0.15, 0.2) is 35.3 Å². The summed E-state index contributed by atoms with van der Waals surface area (Å²) in [6.07, 6.45) is 5.39. The van der Waals surface area contributed by atoms with E-state index in [2.05, 4.69) is 30.1 Å². The Balaban J connectivity index is 1.49. The van der Waals surface area contributed by atoms with Crippen LogP contribution in [0.2, 0.25) is 5.15 Å². The van der Waals surface area contributed by atoms with Crippen molar-refractivity contribution in [2.45, 2.75) is 38.6 Å². The molecule has 40 heavy (non-hydrogen) atoms. The molecule has 0 bridgehead atoms. The number of rotatable bonds is 7. The Bertz CT molecular complexity index is 1630. The summed E-state index contributed by atoms with van der Waals surface area (Å²) < 4.78 is 4.34. The number of nitrogens with zero attached hydrogens (tertiary/aromatic N) is 7. The molecule has 0 spiro atoms. The van der Waals surface area contributed by atoms with Crippen molar-refractivity contribution in [3.05, 3.63) is 68.5 Å². The van der Waals surface area contributed by atoms with Gasteiger partial charge in [-0.3, -0.25) is 18.9 Å². The van der Waals surface area contributed by atoms with Gasteiger partial charge in [-0.05, 0) is 50.5 Å². The molecule has 0 aliphatic carbocycles. The van der Waals surface area contributed by atoms with Gasteiger partial charge < -0.3 is 10.2 Å². The van der Waals surface area contributed by atoms with Crippen molar-refractivity contribution in [3.63, 3.8) is 0 Å². The molecule has 1 fully saturated rings. The first-order valence-corrected chi connectivity index (χ1v) is 14.7. The summed E-state index contributed by atoms with van der Waals surface area (Å²) in [5.74, 6) is 0.619. The molecule has 1 amide bonds. The molecule has 1 aromatic carbocycles. The van der Waals surface area contributed by atoms with Crippen molar-refractivity contribution >= 4 is 52.0 Å². The summed E-state index contributed by atoms with van der Waals surface area (Å²) in [7, 11) is 3.60. The highest BCUT2D eigenvalue weighted by Gasteiger charge is 2.26. The number of carbonyl (C=O) groups is 1. The fraction of sp³-hybridized carbons (Fsp3) is 0.407. The number of anilines is 2. The van der Waals surface area contributed by atoms with Gasteiger partial charge in [-0.1, -0.05) is 29.6 Å². The SMILES string of the molecule is CSNC(=O)c1nc(Cl)ccc1NC(C)c1cc(C)cc2c(=O)n(C)c(N3CCC(c4cnn(C)n4)CC3)nc12. The van der Waals surface area contributed by atoms with Gasteiger partial charge in [0.15, 0.2) is 5.69 Å². The average Bonchev–Trinajstić information content (AvgIpc) is 3.38. The van der Waals surface area contributed by atoms with Crippen LogP contribution >= 0.6 is 23.5 Å². The molecule has 1 atom stereocenters. The second-order valence-corrected chi connectivity index (χ2v) is 11.1. The summed E-state index contributed by atoms with van der Waals surface area (Å²) in [6.45, 7) is 5.45. The molecular formula is C27H32ClN9O2S. The first kappa shape index (κ1) is 27.9. The molecule has 4 aromatic rings. The standard InChI is InChI=1S/C27H32ClN9O2S/c1-15-12-18(16(2)30-20-6-7-22(28)31-24(20)25(38)34-40-5)23-19(13-15)26(39)35(3)27(32-23)37-10-8-17(9-11-37)21-14-29-36(4)33-21/h6-7,12-14,16-17,30H,8-11H2,1-5H3,(H,34,38). The molecule has 11 nitrogen and oxygen atoms in total. The molecular weight excluding hydrogens is 550 g/mol. The lowest BCUT2D eigenvalue weighted by Crippen LogP contribution is -2.38. The molecule has 1 aliphatic heterocycles. The highest BCUT2D eigenvalue weighted by atomic mass is 35.5.